The van der Waals surface area contributed by atoms with E-state index in [9.17, 15) is 13.2 Å². The maximum atomic E-state index is 12.4. The average molecular weight is 302 g/mol. The van der Waals surface area contributed by atoms with Gasteiger partial charge in [-0.15, -0.1) is 0 Å². The number of hydrogen-bond donors (Lipinski definition) is 1. The Morgan fingerprint density at radius 2 is 2.05 bits per heavy atom. The van der Waals surface area contributed by atoms with E-state index in [0.29, 0.717) is 24.5 Å². The standard InChI is InChI=1S/C13H13F3N2OS/c1-19-8-10-4-2-3-9(5-10)6-17-12-18-7-11(20-12)13(14,15)16/h2-5,7H,6,8H2,1H3,(H,17,18). The maximum Gasteiger partial charge on any atom is 0.427 e. The minimum Gasteiger partial charge on any atom is -0.380 e. The molecule has 20 heavy (non-hydrogen) atoms. The molecule has 0 bridgehead atoms. The van der Waals surface area contributed by atoms with E-state index in [1.54, 1.807) is 7.11 Å². The molecule has 0 atom stereocenters. The number of ether oxygens (including phenoxy) is 1. The van der Waals surface area contributed by atoms with Gasteiger partial charge in [-0.3, -0.25) is 0 Å². The predicted molar refractivity (Wildman–Crippen MR) is 71.6 cm³/mol. The number of thiazole rings is 1. The molecule has 1 N–H and O–H groups in total. The Bertz CT molecular complexity index is 569. The minimum absolute atomic E-state index is 0.259. The molecule has 0 aliphatic rings. The van der Waals surface area contributed by atoms with Crippen molar-refractivity contribution in [2.24, 2.45) is 0 Å². The summed E-state index contributed by atoms with van der Waals surface area (Å²) in [6.45, 7) is 0.922. The van der Waals surface area contributed by atoms with Crippen LogP contribution in [0.5, 0.6) is 0 Å². The van der Waals surface area contributed by atoms with E-state index in [4.69, 9.17) is 4.74 Å². The second-order valence-corrected chi connectivity index (χ2v) is 5.16. The molecule has 108 valence electrons. The first-order chi connectivity index (χ1) is 9.49. The van der Waals surface area contributed by atoms with Crippen LogP contribution in [0, 0.1) is 0 Å². The number of rotatable bonds is 5. The van der Waals surface area contributed by atoms with Crippen LogP contribution in [0.1, 0.15) is 16.0 Å². The van der Waals surface area contributed by atoms with Crippen LogP contribution in [-0.2, 0) is 24.1 Å². The molecule has 2 aromatic rings. The number of hydrogen-bond acceptors (Lipinski definition) is 4. The zero-order valence-corrected chi connectivity index (χ0v) is 11.5. The van der Waals surface area contributed by atoms with Crippen molar-refractivity contribution in [2.75, 3.05) is 12.4 Å². The third-order valence-electron chi connectivity index (χ3n) is 2.53. The van der Waals surface area contributed by atoms with Crippen LogP contribution in [0.25, 0.3) is 0 Å². The van der Waals surface area contributed by atoms with Gasteiger partial charge in [0.15, 0.2) is 5.13 Å². The highest BCUT2D eigenvalue weighted by atomic mass is 32.1. The molecule has 0 unspecified atom stereocenters. The van der Waals surface area contributed by atoms with Crippen LogP contribution in [0.4, 0.5) is 18.3 Å². The summed E-state index contributed by atoms with van der Waals surface area (Å²) in [5.74, 6) is 0. The Labute approximate surface area is 118 Å². The topological polar surface area (TPSA) is 34.1 Å². The number of nitrogens with one attached hydrogen (secondary N) is 1. The van der Waals surface area contributed by atoms with Gasteiger partial charge >= 0.3 is 6.18 Å². The molecule has 0 fully saturated rings. The van der Waals surface area contributed by atoms with Gasteiger partial charge in [0.1, 0.15) is 4.88 Å². The van der Waals surface area contributed by atoms with Crippen molar-refractivity contribution in [3.63, 3.8) is 0 Å². The summed E-state index contributed by atoms with van der Waals surface area (Å²) in [6.07, 6.45) is -3.50. The van der Waals surface area contributed by atoms with Gasteiger partial charge in [0.05, 0.1) is 12.8 Å². The molecule has 0 saturated heterocycles. The van der Waals surface area contributed by atoms with Gasteiger partial charge in [-0.2, -0.15) is 13.2 Å². The lowest BCUT2D eigenvalue weighted by molar-refractivity contribution is -0.134. The van der Waals surface area contributed by atoms with Gasteiger partial charge in [-0.05, 0) is 11.1 Å². The van der Waals surface area contributed by atoms with Gasteiger partial charge < -0.3 is 10.1 Å². The number of methoxy groups -OCH3 is 1. The summed E-state index contributed by atoms with van der Waals surface area (Å²) in [4.78, 5) is 3.02. The molecule has 7 heteroatoms. The van der Waals surface area contributed by atoms with Crippen LogP contribution in [0.3, 0.4) is 0 Å². The van der Waals surface area contributed by atoms with Crippen LogP contribution >= 0.6 is 11.3 Å². The van der Waals surface area contributed by atoms with Gasteiger partial charge in [-0.1, -0.05) is 35.6 Å². The number of anilines is 1. The van der Waals surface area contributed by atoms with Gasteiger partial charge in [0.25, 0.3) is 0 Å². The lowest BCUT2D eigenvalue weighted by atomic mass is 10.1. The van der Waals surface area contributed by atoms with Crippen LogP contribution < -0.4 is 5.32 Å². The number of halogens is 3. The fraction of sp³-hybridized carbons (Fsp3) is 0.308. The normalized spacial score (nSPS) is 11.6. The average Bonchev–Trinajstić information content (AvgIpc) is 2.86. The SMILES string of the molecule is COCc1cccc(CNc2ncc(C(F)(F)F)s2)c1. The molecular formula is C13H13F3N2OS. The summed E-state index contributed by atoms with van der Waals surface area (Å²) in [5, 5.41) is 3.15. The molecule has 0 spiro atoms. The van der Waals surface area contributed by atoms with Gasteiger partial charge in [-0.25, -0.2) is 4.98 Å². The van der Waals surface area contributed by atoms with Crippen molar-refractivity contribution in [2.45, 2.75) is 19.3 Å². The lowest BCUT2D eigenvalue weighted by Gasteiger charge is -2.05. The van der Waals surface area contributed by atoms with Crippen molar-refractivity contribution in [3.8, 4) is 0 Å². The Morgan fingerprint density at radius 1 is 1.30 bits per heavy atom. The molecular weight excluding hydrogens is 289 g/mol. The zero-order chi connectivity index (χ0) is 14.6. The summed E-state index contributed by atoms with van der Waals surface area (Å²) in [6, 6.07) is 7.64. The Balaban J connectivity index is 1.98. The number of benzene rings is 1. The van der Waals surface area contributed by atoms with E-state index in [1.807, 2.05) is 24.3 Å². The fourth-order valence-corrected chi connectivity index (χ4v) is 2.34. The largest absolute Gasteiger partial charge is 0.427 e. The van der Waals surface area contributed by atoms with Crippen molar-refractivity contribution in [1.29, 1.82) is 0 Å². The van der Waals surface area contributed by atoms with E-state index in [0.717, 1.165) is 17.3 Å². The number of aromatic nitrogens is 1. The first-order valence-electron chi connectivity index (χ1n) is 5.82. The Kier molecular flexibility index (Phi) is 4.61. The summed E-state index contributed by atoms with van der Waals surface area (Å²) >= 11 is 0.602. The highest BCUT2D eigenvalue weighted by Gasteiger charge is 2.33. The molecule has 0 amide bonds. The van der Waals surface area contributed by atoms with E-state index >= 15 is 0 Å². The predicted octanol–water partition coefficient (Wildman–Crippen LogP) is 3.92. The minimum atomic E-state index is -4.34. The molecule has 1 aromatic heterocycles. The molecule has 0 aliphatic heterocycles. The first kappa shape index (κ1) is 14.8. The number of nitrogens with zero attached hydrogens (tertiary/aromatic N) is 1. The van der Waals surface area contributed by atoms with E-state index in [-0.39, 0.29) is 5.13 Å². The molecule has 1 aromatic carbocycles. The van der Waals surface area contributed by atoms with E-state index in [1.165, 1.54) is 0 Å². The molecule has 0 saturated carbocycles. The van der Waals surface area contributed by atoms with Crippen LogP contribution in [0.2, 0.25) is 0 Å². The quantitative estimate of drug-likeness (QED) is 0.909. The number of alkyl halides is 3. The Hall–Kier alpha value is -1.60. The first-order valence-corrected chi connectivity index (χ1v) is 6.64. The van der Waals surface area contributed by atoms with Crippen molar-refractivity contribution in [3.05, 3.63) is 46.5 Å². The summed E-state index contributed by atoms with van der Waals surface area (Å²) < 4.78 is 42.3. The summed E-state index contributed by atoms with van der Waals surface area (Å²) in [7, 11) is 1.61. The lowest BCUT2D eigenvalue weighted by Crippen LogP contribution is -2.01. The van der Waals surface area contributed by atoms with Gasteiger partial charge in [0, 0.05) is 13.7 Å². The van der Waals surface area contributed by atoms with Crippen molar-refractivity contribution >= 4 is 16.5 Å². The van der Waals surface area contributed by atoms with Crippen LogP contribution in [-0.4, -0.2) is 12.1 Å². The highest BCUT2D eigenvalue weighted by Crippen LogP contribution is 2.35. The fourth-order valence-electron chi connectivity index (χ4n) is 1.66. The maximum absolute atomic E-state index is 12.4. The highest BCUT2D eigenvalue weighted by molar-refractivity contribution is 7.15. The molecule has 1 heterocycles. The van der Waals surface area contributed by atoms with Crippen molar-refractivity contribution < 1.29 is 17.9 Å². The third kappa shape index (κ3) is 3.94. The van der Waals surface area contributed by atoms with E-state index < -0.39 is 11.1 Å². The molecule has 0 aliphatic carbocycles. The second kappa shape index (κ2) is 6.23. The zero-order valence-electron chi connectivity index (χ0n) is 10.7. The van der Waals surface area contributed by atoms with Gasteiger partial charge in [0.2, 0.25) is 0 Å². The van der Waals surface area contributed by atoms with Crippen molar-refractivity contribution in [1.82, 2.24) is 4.98 Å². The van der Waals surface area contributed by atoms with Crippen LogP contribution in [0.15, 0.2) is 30.5 Å². The monoisotopic (exact) mass is 302 g/mol. The second-order valence-electron chi connectivity index (χ2n) is 4.13. The third-order valence-corrected chi connectivity index (χ3v) is 3.53. The smallest absolute Gasteiger partial charge is 0.380 e. The molecule has 3 nitrogen and oxygen atoms in total. The molecule has 0 radical (unpaired) electrons. The molecule has 2 rings (SSSR count). The summed E-state index contributed by atoms with van der Waals surface area (Å²) in [5.41, 5.74) is 1.98. The van der Waals surface area contributed by atoms with E-state index in [2.05, 4.69) is 10.3 Å². The Morgan fingerprint density at radius 3 is 2.70 bits per heavy atom.